The maximum atomic E-state index is 13.4. The number of fused-ring (bicyclic) bond motifs is 1. The summed E-state index contributed by atoms with van der Waals surface area (Å²) >= 11 is 1.57. The summed E-state index contributed by atoms with van der Waals surface area (Å²) in [6, 6.07) is 15.6. The van der Waals surface area contributed by atoms with Crippen molar-refractivity contribution in [3.05, 3.63) is 64.4 Å². The molecule has 146 valence electrons. The van der Waals surface area contributed by atoms with Gasteiger partial charge in [-0.05, 0) is 36.1 Å². The van der Waals surface area contributed by atoms with Crippen molar-refractivity contribution in [2.75, 3.05) is 19.2 Å². The Hall–Kier alpha value is -2.15. The fraction of sp³-hybridized carbons (Fsp3) is 0.364. The standard InChI is InChI=1S/C22H24N2O3S/c1-15(2)17-7-4-6-10-20(17)24-21(25)18-8-3-5-9-19(18)23-22(24)28-13-16-11-12-26-14-27-16/h3-10,15-16H,11-14H2,1-2H3/t16-/m0/s1. The summed E-state index contributed by atoms with van der Waals surface area (Å²) in [4.78, 5) is 18.3. The van der Waals surface area contributed by atoms with Gasteiger partial charge in [0, 0.05) is 5.75 Å². The van der Waals surface area contributed by atoms with Gasteiger partial charge >= 0.3 is 0 Å². The summed E-state index contributed by atoms with van der Waals surface area (Å²) in [5.74, 6) is 1.03. The van der Waals surface area contributed by atoms with Gasteiger partial charge in [0.05, 0.1) is 29.3 Å². The van der Waals surface area contributed by atoms with Crippen molar-refractivity contribution in [3.8, 4) is 5.69 Å². The van der Waals surface area contributed by atoms with Crippen LogP contribution in [0.2, 0.25) is 0 Å². The van der Waals surface area contributed by atoms with Crippen LogP contribution in [0.1, 0.15) is 31.7 Å². The zero-order valence-electron chi connectivity index (χ0n) is 16.1. The highest BCUT2D eigenvalue weighted by atomic mass is 32.2. The normalized spacial score (nSPS) is 17.3. The predicted octanol–water partition coefficient (Wildman–Crippen LogP) is 4.36. The minimum absolute atomic E-state index is 0.0332. The third-order valence-electron chi connectivity index (χ3n) is 4.91. The molecule has 1 saturated heterocycles. The van der Waals surface area contributed by atoms with E-state index in [1.54, 1.807) is 16.3 Å². The van der Waals surface area contributed by atoms with Crippen LogP contribution in [-0.2, 0) is 9.47 Å². The molecule has 3 aromatic rings. The van der Waals surface area contributed by atoms with E-state index in [0.29, 0.717) is 29.9 Å². The summed E-state index contributed by atoms with van der Waals surface area (Å²) in [6.45, 7) is 5.32. The molecule has 4 rings (SSSR count). The molecule has 1 atom stereocenters. The number of hydrogen-bond acceptors (Lipinski definition) is 5. The van der Waals surface area contributed by atoms with Gasteiger partial charge in [-0.2, -0.15) is 0 Å². The van der Waals surface area contributed by atoms with Gasteiger partial charge in [0.25, 0.3) is 5.56 Å². The second-order valence-electron chi connectivity index (χ2n) is 7.18. The van der Waals surface area contributed by atoms with Crippen LogP contribution in [-0.4, -0.2) is 34.8 Å². The number of hydrogen-bond donors (Lipinski definition) is 0. The Labute approximate surface area is 168 Å². The summed E-state index contributed by atoms with van der Waals surface area (Å²) in [7, 11) is 0. The molecule has 0 aliphatic carbocycles. The highest BCUT2D eigenvalue weighted by Crippen LogP contribution is 2.28. The van der Waals surface area contributed by atoms with E-state index in [0.717, 1.165) is 28.9 Å². The smallest absolute Gasteiger partial charge is 0.266 e. The van der Waals surface area contributed by atoms with Gasteiger partial charge in [-0.25, -0.2) is 4.98 Å². The Kier molecular flexibility index (Phi) is 5.80. The molecule has 0 radical (unpaired) electrons. The van der Waals surface area contributed by atoms with Crippen LogP contribution in [0.3, 0.4) is 0 Å². The van der Waals surface area contributed by atoms with Gasteiger partial charge in [0.1, 0.15) is 6.79 Å². The van der Waals surface area contributed by atoms with E-state index in [4.69, 9.17) is 14.5 Å². The number of ether oxygens (including phenoxy) is 2. The summed E-state index contributed by atoms with van der Waals surface area (Å²) in [6.07, 6.45) is 0.962. The van der Waals surface area contributed by atoms with Crippen LogP contribution in [0.15, 0.2) is 58.5 Å². The molecule has 2 heterocycles. The van der Waals surface area contributed by atoms with Gasteiger partial charge in [-0.3, -0.25) is 9.36 Å². The van der Waals surface area contributed by atoms with Crippen molar-refractivity contribution in [1.29, 1.82) is 0 Å². The van der Waals surface area contributed by atoms with Crippen molar-refractivity contribution in [1.82, 2.24) is 9.55 Å². The minimum Gasteiger partial charge on any atom is -0.355 e. The lowest BCUT2D eigenvalue weighted by atomic mass is 10.0. The Morgan fingerprint density at radius 1 is 1.18 bits per heavy atom. The van der Waals surface area contributed by atoms with Crippen LogP contribution in [0.4, 0.5) is 0 Å². The lowest BCUT2D eigenvalue weighted by Gasteiger charge is -2.23. The van der Waals surface area contributed by atoms with Crippen LogP contribution in [0, 0.1) is 0 Å². The lowest BCUT2D eigenvalue weighted by molar-refractivity contribution is -0.130. The van der Waals surface area contributed by atoms with Gasteiger partial charge in [0.2, 0.25) is 0 Å². The number of nitrogens with zero attached hydrogens (tertiary/aromatic N) is 2. The SMILES string of the molecule is CC(C)c1ccccc1-n1c(SC[C@@H]2CCOCO2)nc2ccccc2c1=O. The zero-order chi connectivity index (χ0) is 19.5. The van der Waals surface area contributed by atoms with Gasteiger partial charge in [0.15, 0.2) is 5.16 Å². The highest BCUT2D eigenvalue weighted by Gasteiger charge is 2.20. The maximum Gasteiger partial charge on any atom is 0.266 e. The van der Waals surface area contributed by atoms with Crippen molar-refractivity contribution in [2.45, 2.75) is 37.4 Å². The molecule has 1 aromatic heterocycles. The first-order valence-electron chi connectivity index (χ1n) is 9.58. The van der Waals surface area contributed by atoms with E-state index >= 15 is 0 Å². The van der Waals surface area contributed by atoms with Gasteiger partial charge in [-0.1, -0.05) is 55.9 Å². The quantitative estimate of drug-likeness (QED) is 0.474. The van der Waals surface area contributed by atoms with Crippen LogP contribution < -0.4 is 5.56 Å². The third kappa shape index (κ3) is 3.85. The summed E-state index contributed by atoms with van der Waals surface area (Å²) in [5, 5.41) is 1.33. The highest BCUT2D eigenvalue weighted by molar-refractivity contribution is 7.99. The molecule has 0 spiro atoms. The minimum atomic E-state index is -0.0332. The van der Waals surface area contributed by atoms with E-state index in [1.807, 2.05) is 42.5 Å². The zero-order valence-corrected chi connectivity index (χ0v) is 16.9. The average molecular weight is 397 g/mol. The van der Waals surface area contributed by atoms with Crippen LogP contribution >= 0.6 is 11.8 Å². The molecule has 0 N–H and O–H groups in total. The predicted molar refractivity (Wildman–Crippen MR) is 112 cm³/mol. The number of rotatable bonds is 5. The molecule has 2 aromatic carbocycles. The first-order valence-corrected chi connectivity index (χ1v) is 10.6. The first-order chi connectivity index (χ1) is 13.6. The van der Waals surface area contributed by atoms with E-state index in [9.17, 15) is 4.79 Å². The molecule has 0 bridgehead atoms. The molecule has 0 unspecified atom stereocenters. The Morgan fingerprint density at radius 2 is 1.96 bits per heavy atom. The fourth-order valence-electron chi connectivity index (χ4n) is 3.40. The van der Waals surface area contributed by atoms with Gasteiger partial charge < -0.3 is 9.47 Å². The molecule has 0 amide bonds. The molecule has 1 aliphatic rings. The molecule has 0 saturated carbocycles. The maximum absolute atomic E-state index is 13.4. The lowest BCUT2D eigenvalue weighted by Crippen LogP contribution is -2.27. The second-order valence-corrected chi connectivity index (χ2v) is 8.17. The molecule has 1 fully saturated rings. The number of aromatic nitrogens is 2. The largest absolute Gasteiger partial charge is 0.355 e. The molecule has 5 nitrogen and oxygen atoms in total. The Balaban J connectivity index is 1.83. The monoisotopic (exact) mass is 396 g/mol. The summed E-state index contributed by atoms with van der Waals surface area (Å²) in [5.41, 5.74) is 2.72. The fourth-order valence-corrected chi connectivity index (χ4v) is 4.47. The molecule has 28 heavy (non-hydrogen) atoms. The Bertz CT molecular complexity index is 1030. The van der Waals surface area contributed by atoms with E-state index in [2.05, 4.69) is 19.9 Å². The van der Waals surface area contributed by atoms with Crippen LogP contribution in [0.5, 0.6) is 0 Å². The molecular formula is C22H24N2O3S. The van der Waals surface area contributed by atoms with E-state index in [-0.39, 0.29) is 11.7 Å². The van der Waals surface area contributed by atoms with Crippen molar-refractivity contribution in [2.24, 2.45) is 0 Å². The van der Waals surface area contributed by atoms with E-state index < -0.39 is 0 Å². The molecular weight excluding hydrogens is 372 g/mol. The molecule has 6 heteroatoms. The topological polar surface area (TPSA) is 53.4 Å². The van der Waals surface area contributed by atoms with E-state index in [1.165, 1.54) is 0 Å². The number of para-hydroxylation sites is 2. The number of benzene rings is 2. The Morgan fingerprint density at radius 3 is 2.75 bits per heavy atom. The third-order valence-corrected chi connectivity index (χ3v) is 5.98. The van der Waals surface area contributed by atoms with Crippen molar-refractivity contribution in [3.63, 3.8) is 0 Å². The van der Waals surface area contributed by atoms with Crippen molar-refractivity contribution < 1.29 is 9.47 Å². The molecule has 1 aliphatic heterocycles. The second kappa shape index (κ2) is 8.47. The first kappa shape index (κ1) is 19.2. The van der Waals surface area contributed by atoms with Gasteiger partial charge in [-0.15, -0.1) is 0 Å². The number of thioether (sulfide) groups is 1. The summed E-state index contributed by atoms with van der Waals surface area (Å²) < 4.78 is 12.7. The van der Waals surface area contributed by atoms with Crippen molar-refractivity contribution >= 4 is 22.7 Å². The van der Waals surface area contributed by atoms with Crippen LogP contribution in [0.25, 0.3) is 16.6 Å². The average Bonchev–Trinajstić information content (AvgIpc) is 2.73.